The molecule has 10 heteroatoms. The van der Waals surface area contributed by atoms with Crippen LogP contribution in [0.1, 0.15) is 121 Å². The lowest BCUT2D eigenvalue weighted by Gasteiger charge is -2.71. The zero-order chi connectivity index (χ0) is 40.9. The maximum Gasteiger partial charge on any atom is 0.506 e. The van der Waals surface area contributed by atoms with Crippen LogP contribution in [0.25, 0.3) is 11.4 Å². The van der Waals surface area contributed by atoms with Gasteiger partial charge in [0.15, 0.2) is 5.82 Å². The molecule has 0 radical (unpaired) electrons. The Morgan fingerprint density at radius 2 is 1.73 bits per heavy atom. The van der Waals surface area contributed by atoms with Gasteiger partial charge in [0.05, 0.1) is 32.0 Å². The number of rotatable bonds is 9. The number of carbonyl (C=O) groups is 1. The molecule has 10 nitrogen and oxygen atoms in total. The highest BCUT2D eigenvalue weighted by molar-refractivity contribution is 5.57. The number of nitrogens with zero attached hydrogens (tertiary/aromatic N) is 5. The first-order chi connectivity index (χ1) is 26.1. The Kier molecular flexibility index (Phi) is 10.3. The van der Waals surface area contributed by atoms with Crippen LogP contribution >= 0.6 is 0 Å². The molecule has 7 rings (SSSR count). The van der Waals surface area contributed by atoms with Gasteiger partial charge < -0.3 is 24.2 Å². The van der Waals surface area contributed by atoms with Gasteiger partial charge in [0.1, 0.15) is 12.4 Å². The van der Waals surface area contributed by atoms with E-state index in [9.17, 15) is 9.90 Å². The summed E-state index contributed by atoms with van der Waals surface area (Å²) in [6.45, 7) is 27.5. The molecular weight excluding hydrogens is 703 g/mol. The van der Waals surface area contributed by atoms with Crippen molar-refractivity contribution in [3.05, 3.63) is 42.5 Å². The van der Waals surface area contributed by atoms with Gasteiger partial charge in [0.25, 0.3) is 0 Å². The second kappa shape index (κ2) is 13.9. The van der Waals surface area contributed by atoms with Crippen molar-refractivity contribution < 1.29 is 24.1 Å². The fourth-order valence-electron chi connectivity index (χ4n) is 13.3. The van der Waals surface area contributed by atoms with Crippen molar-refractivity contribution in [2.24, 2.45) is 56.2 Å². The lowest BCUT2D eigenvalue weighted by molar-refractivity contribution is -0.259. The number of allylic oxidation sites excluding steroid dienone is 1. The van der Waals surface area contributed by atoms with E-state index in [0.29, 0.717) is 37.6 Å². The molecule has 0 aromatic carbocycles. The van der Waals surface area contributed by atoms with Crippen LogP contribution in [-0.2, 0) is 14.2 Å². The zero-order valence-electron chi connectivity index (χ0n) is 36.7. The van der Waals surface area contributed by atoms with Crippen molar-refractivity contribution >= 4 is 6.16 Å². The maximum atomic E-state index is 12.5. The Bertz CT molecular complexity index is 1810. The number of hydrogen-bond acceptors (Lipinski definition) is 8. The van der Waals surface area contributed by atoms with Gasteiger partial charge in [-0.25, -0.2) is 14.5 Å². The number of fused-ring (bicyclic) bond motifs is 3. The molecule has 1 saturated heterocycles. The molecule has 0 unspecified atom stereocenters. The van der Waals surface area contributed by atoms with Gasteiger partial charge in [-0.3, -0.25) is 4.98 Å². The minimum atomic E-state index is -1.16. The second-order valence-electron chi connectivity index (χ2n) is 21.5. The standard InChI is InChI=1S/C46H71N5O5/c1-29(2)30(3)41(7)20-21-43(9)32-14-15-35-42(8)25-54-27-46(35,33(32)16-19-44(43,10)38(41)56-39(52)53)24-34(36(42)55-26-45(11,50(12)13)40(4,5)6)51-37(48-28-49-51)31-17-22-47-23-18-31/h16-18,22-23,28-30,32,34-36,38H,14-15,19-21,24-27H2,1-13H3,(H,52,53)/t30-,32+,34-,35+,36+,38-,41-,42-,43-,44-,45+,46+/m1/s1. The van der Waals surface area contributed by atoms with Crippen molar-refractivity contribution in [1.29, 1.82) is 0 Å². The van der Waals surface area contributed by atoms with Gasteiger partial charge in [-0.15, -0.1) is 0 Å². The minimum Gasteiger partial charge on any atom is -0.450 e. The topological polar surface area (TPSA) is 112 Å². The van der Waals surface area contributed by atoms with Crippen molar-refractivity contribution in [1.82, 2.24) is 24.6 Å². The molecule has 2 aromatic rings. The molecule has 5 aliphatic rings. The van der Waals surface area contributed by atoms with E-state index in [1.54, 1.807) is 6.33 Å². The average molecular weight is 774 g/mol. The normalized spacial score (nSPS) is 39.8. The van der Waals surface area contributed by atoms with Crippen LogP contribution in [0.4, 0.5) is 4.79 Å². The lowest BCUT2D eigenvalue weighted by atomic mass is 9.35. The first-order valence-electron chi connectivity index (χ1n) is 21.4. The molecule has 2 bridgehead atoms. The fraction of sp³-hybridized carbons (Fsp3) is 0.783. The minimum absolute atomic E-state index is 0.0395. The van der Waals surface area contributed by atoms with Crippen molar-refractivity contribution in [3.8, 4) is 11.4 Å². The van der Waals surface area contributed by atoms with Crippen LogP contribution < -0.4 is 0 Å². The molecule has 1 N–H and O–H groups in total. The SMILES string of the molecule is CC(C)[C@@H](C)[C@@]1(C)CC[C@]2(C)[C@H]3CC[C@@H]4[C@@]5(COC[C@@]4(C)[C@@H](OC[C@](C)(N(C)C)C(C)(C)C)[C@H](n4ncnc4-c4ccncc4)C5)C3=CC[C@]2(C)[C@@H]1OC(=O)O. The van der Waals surface area contributed by atoms with E-state index in [4.69, 9.17) is 24.3 Å². The van der Waals surface area contributed by atoms with Gasteiger partial charge in [-0.1, -0.05) is 80.9 Å². The zero-order valence-corrected chi connectivity index (χ0v) is 36.7. The lowest BCUT2D eigenvalue weighted by Crippen LogP contribution is -2.70. The molecule has 0 amide bonds. The predicted octanol–water partition coefficient (Wildman–Crippen LogP) is 9.58. The van der Waals surface area contributed by atoms with E-state index in [0.717, 1.165) is 49.9 Å². The molecule has 56 heavy (non-hydrogen) atoms. The van der Waals surface area contributed by atoms with Crippen molar-refractivity contribution in [2.45, 2.75) is 138 Å². The van der Waals surface area contributed by atoms with Gasteiger partial charge in [-0.2, -0.15) is 5.10 Å². The maximum absolute atomic E-state index is 12.5. The number of pyridine rings is 1. The van der Waals surface area contributed by atoms with Gasteiger partial charge in [-0.05, 0) is 106 Å². The Morgan fingerprint density at radius 1 is 1.04 bits per heavy atom. The van der Waals surface area contributed by atoms with E-state index in [1.807, 2.05) is 24.5 Å². The molecule has 3 saturated carbocycles. The number of carboxylic acid groups (broad SMARTS) is 1. The molecule has 4 aliphatic carbocycles. The second-order valence-corrected chi connectivity index (χ2v) is 21.5. The molecule has 12 atom stereocenters. The molecular formula is C46H71N5O5. The predicted molar refractivity (Wildman–Crippen MR) is 219 cm³/mol. The summed E-state index contributed by atoms with van der Waals surface area (Å²) in [4.78, 5) is 24.0. The highest BCUT2D eigenvalue weighted by Crippen LogP contribution is 2.74. The summed E-state index contributed by atoms with van der Waals surface area (Å²) >= 11 is 0. The summed E-state index contributed by atoms with van der Waals surface area (Å²) in [6.07, 6.45) is 11.9. The van der Waals surface area contributed by atoms with Crippen molar-refractivity contribution in [3.63, 3.8) is 0 Å². The third kappa shape index (κ3) is 5.87. The quantitative estimate of drug-likeness (QED) is 0.197. The average Bonchev–Trinajstić information content (AvgIpc) is 3.62. The van der Waals surface area contributed by atoms with Crippen LogP contribution in [0.5, 0.6) is 0 Å². The van der Waals surface area contributed by atoms with E-state index >= 15 is 0 Å². The van der Waals surface area contributed by atoms with Crippen LogP contribution in [0.2, 0.25) is 0 Å². The Morgan fingerprint density at radius 3 is 2.36 bits per heavy atom. The molecule has 0 spiro atoms. The first-order valence-corrected chi connectivity index (χ1v) is 21.4. The molecule has 4 fully saturated rings. The summed E-state index contributed by atoms with van der Waals surface area (Å²) in [5.41, 5.74) is 0.944. The summed E-state index contributed by atoms with van der Waals surface area (Å²) in [6, 6.07) is 3.94. The third-order valence-electron chi connectivity index (χ3n) is 17.9. The van der Waals surface area contributed by atoms with E-state index in [1.165, 1.54) is 5.57 Å². The fourth-order valence-corrected chi connectivity index (χ4v) is 13.3. The Hall–Kier alpha value is -2.82. The summed E-state index contributed by atoms with van der Waals surface area (Å²) in [5, 5.41) is 15.3. The van der Waals surface area contributed by atoms with Gasteiger partial charge >= 0.3 is 6.16 Å². The van der Waals surface area contributed by atoms with Crippen LogP contribution in [0.15, 0.2) is 42.5 Å². The van der Waals surface area contributed by atoms with Gasteiger partial charge in [0.2, 0.25) is 0 Å². The number of ether oxygens (including phenoxy) is 3. The summed E-state index contributed by atoms with van der Waals surface area (Å²) in [7, 11) is 4.33. The highest BCUT2D eigenvalue weighted by atomic mass is 16.7. The molecule has 1 aliphatic heterocycles. The molecule has 2 aromatic heterocycles. The van der Waals surface area contributed by atoms with Crippen LogP contribution in [-0.4, -0.2) is 87.6 Å². The number of aromatic nitrogens is 4. The Balaban J connectivity index is 1.36. The monoisotopic (exact) mass is 774 g/mol. The molecule has 310 valence electrons. The largest absolute Gasteiger partial charge is 0.506 e. The van der Waals surface area contributed by atoms with E-state index < -0.39 is 12.3 Å². The first kappa shape index (κ1) is 41.3. The third-order valence-corrected chi connectivity index (χ3v) is 17.9. The van der Waals surface area contributed by atoms with E-state index in [2.05, 4.69) is 111 Å². The number of hydrogen-bond donors (Lipinski definition) is 1. The van der Waals surface area contributed by atoms with Crippen molar-refractivity contribution in [2.75, 3.05) is 33.9 Å². The summed E-state index contributed by atoms with van der Waals surface area (Å²) < 4.78 is 22.6. The van der Waals surface area contributed by atoms with Crippen LogP contribution in [0.3, 0.4) is 0 Å². The molecule has 3 heterocycles. The number of likely N-dealkylation sites (N-methyl/N-ethyl adjacent to an activating group) is 1. The van der Waals surface area contributed by atoms with Gasteiger partial charge in [0, 0.05) is 45.2 Å². The van der Waals surface area contributed by atoms with Crippen LogP contribution in [0, 0.1) is 56.2 Å². The smallest absolute Gasteiger partial charge is 0.450 e. The highest BCUT2D eigenvalue weighted by Gasteiger charge is 2.72. The Labute approximate surface area is 336 Å². The van der Waals surface area contributed by atoms with E-state index in [-0.39, 0.29) is 56.1 Å². The summed E-state index contributed by atoms with van der Waals surface area (Å²) in [5.74, 6) is 2.19.